The fourth-order valence-corrected chi connectivity index (χ4v) is 1.33. The number of benzene rings is 1. The third-order valence-electron chi connectivity index (χ3n) is 2.19. The zero-order chi connectivity index (χ0) is 12.1. The third kappa shape index (κ3) is 2.64. The van der Waals surface area contributed by atoms with Gasteiger partial charge >= 0.3 is 0 Å². The molecule has 0 aliphatic carbocycles. The molecule has 0 amide bonds. The molecule has 0 saturated heterocycles. The predicted molar refractivity (Wildman–Crippen MR) is 63.4 cm³/mol. The van der Waals surface area contributed by atoms with Gasteiger partial charge in [-0.15, -0.1) is 16.6 Å². The molecule has 0 fully saturated rings. The number of ether oxygens (including phenoxy) is 1. The molecule has 0 spiro atoms. The van der Waals surface area contributed by atoms with Gasteiger partial charge in [-0.2, -0.15) is 0 Å². The van der Waals surface area contributed by atoms with E-state index in [-0.39, 0.29) is 6.61 Å². The van der Waals surface area contributed by atoms with Gasteiger partial charge in [0, 0.05) is 12.0 Å². The molecule has 2 aromatic rings. The molecule has 0 aliphatic heterocycles. The summed E-state index contributed by atoms with van der Waals surface area (Å²) >= 11 is 0. The second-order valence-corrected chi connectivity index (χ2v) is 3.37. The van der Waals surface area contributed by atoms with Crippen molar-refractivity contribution in [1.82, 2.24) is 10.2 Å². The van der Waals surface area contributed by atoms with E-state index in [4.69, 9.17) is 15.6 Å². The van der Waals surface area contributed by atoms with Crippen LogP contribution in [0.5, 0.6) is 5.75 Å². The van der Waals surface area contributed by atoms with Crippen LogP contribution < -0.4 is 4.74 Å². The fraction of sp³-hybridized carbons (Fsp3) is 0.231. The highest BCUT2D eigenvalue weighted by Gasteiger charge is 2.06. The lowest BCUT2D eigenvalue weighted by Gasteiger charge is -2.01. The Hall–Kier alpha value is -2.28. The number of aromatic nitrogens is 2. The van der Waals surface area contributed by atoms with Crippen molar-refractivity contribution >= 4 is 0 Å². The van der Waals surface area contributed by atoms with E-state index in [9.17, 15) is 0 Å². The standard InChI is InChI=1S/C13H12N2O2/c1-3-9-16-11-7-5-10(6-8-11)13-15-14-12(4-2)17-13/h1,5-8H,4,9H2,2H3. The van der Waals surface area contributed by atoms with E-state index >= 15 is 0 Å². The first-order chi connectivity index (χ1) is 8.33. The van der Waals surface area contributed by atoms with Crippen LogP contribution in [0.2, 0.25) is 0 Å². The summed E-state index contributed by atoms with van der Waals surface area (Å²) in [5, 5.41) is 7.87. The maximum Gasteiger partial charge on any atom is 0.247 e. The van der Waals surface area contributed by atoms with Crippen LogP contribution in [0, 0.1) is 12.3 Å². The van der Waals surface area contributed by atoms with Crippen molar-refractivity contribution in [2.45, 2.75) is 13.3 Å². The minimum absolute atomic E-state index is 0.264. The van der Waals surface area contributed by atoms with Crippen molar-refractivity contribution in [3.05, 3.63) is 30.2 Å². The predicted octanol–water partition coefficient (Wildman–Crippen LogP) is 2.31. The van der Waals surface area contributed by atoms with Gasteiger partial charge in [-0.05, 0) is 24.3 Å². The molecular formula is C13H12N2O2. The van der Waals surface area contributed by atoms with Gasteiger partial charge < -0.3 is 9.15 Å². The van der Waals surface area contributed by atoms with Gasteiger partial charge in [-0.3, -0.25) is 0 Å². The topological polar surface area (TPSA) is 48.2 Å². The summed E-state index contributed by atoms with van der Waals surface area (Å²) in [5.74, 6) is 4.29. The van der Waals surface area contributed by atoms with Crippen LogP contribution in [0.3, 0.4) is 0 Å². The van der Waals surface area contributed by atoms with Crippen molar-refractivity contribution in [2.24, 2.45) is 0 Å². The van der Waals surface area contributed by atoms with E-state index in [2.05, 4.69) is 16.1 Å². The van der Waals surface area contributed by atoms with Crippen LogP contribution in [0.25, 0.3) is 11.5 Å². The second-order valence-electron chi connectivity index (χ2n) is 3.37. The van der Waals surface area contributed by atoms with Crippen LogP contribution in [0.4, 0.5) is 0 Å². The Morgan fingerprint density at radius 3 is 2.65 bits per heavy atom. The minimum atomic E-state index is 0.264. The zero-order valence-corrected chi connectivity index (χ0v) is 9.51. The van der Waals surface area contributed by atoms with Gasteiger partial charge in [0.15, 0.2) is 0 Å². The highest BCUT2D eigenvalue weighted by atomic mass is 16.5. The highest BCUT2D eigenvalue weighted by molar-refractivity contribution is 5.53. The lowest BCUT2D eigenvalue weighted by atomic mass is 10.2. The molecule has 0 radical (unpaired) electrons. The molecule has 1 heterocycles. The van der Waals surface area contributed by atoms with Crippen LogP contribution in [-0.2, 0) is 6.42 Å². The van der Waals surface area contributed by atoms with E-state index in [1.807, 2.05) is 31.2 Å². The van der Waals surface area contributed by atoms with Crippen molar-refractivity contribution in [3.8, 4) is 29.5 Å². The van der Waals surface area contributed by atoms with Gasteiger partial charge in [0.1, 0.15) is 12.4 Å². The summed E-state index contributed by atoms with van der Waals surface area (Å²) in [7, 11) is 0. The van der Waals surface area contributed by atoms with Gasteiger partial charge in [0.2, 0.25) is 11.8 Å². The molecule has 1 aromatic carbocycles. The lowest BCUT2D eigenvalue weighted by molar-refractivity contribution is 0.370. The Kier molecular flexibility index (Phi) is 3.41. The molecule has 0 unspecified atom stereocenters. The third-order valence-corrected chi connectivity index (χ3v) is 2.19. The van der Waals surface area contributed by atoms with Gasteiger partial charge in [-0.25, -0.2) is 0 Å². The molecule has 0 N–H and O–H groups in total. The Bertz CT molecular complexity index is 523. The first-order valence-corrected chi connectivity index (χ1v) is 5.32. The lowest BCUT2D eigenvalue weighted by Crippen LogP contribution is -1.92. The average molecular weight is 228 g/mol. The van der Waals surface area contributed by atoms with Crippen LogP contribution in [-0.4, -0.2) is 16.8 Å². The first kappa shape index (κ1) is 11.2. The SMILES string of the molecule is C#CCOc1ccc(-c2nnc(CC)o2)cc1. The Morgan fingerprint density at radius 1 is 1.29 bits per heavy atom. The number of terminal acetylenes is 1. The fourth-order valence-electron chi connectivity index (χ4n) is 1.33. The zero-order valence-electron chi connectivity index (χ0n) is 9.51. The number of hydrogen-bond donors (Lipinski definition) is 0. The molecule has 17 heavy (non-hydrogen) atoms. The molecule has 4 heteroatoms. The molecule has 0 atom stereocenters. The Balaban J connectivity index is 2.15. The molecule has 86 valence electrons. The molecular weight excluding hydrogens is 216 g/mol. The van der Waals surface area contributed by atoms with Gasteiger partial charge in [-0.1, -0.05) is 12.8 Å². The monoisotopic (exact) mass is 228 g/mol. The summed E-state index contributed by atoms with van der Waals surface area (Å²) in [6.07, 6.45) is 5.84. The quantitative estimate of drug-likeness (QED) is 0.753. The first-order valence-electron chi connectivity index (χ1n) is 5.32. The molecule has 0 saturated carbocycles. The Morgan fingerprint density at radius 2 is 2.06 bits per heavy atom. The number of aryl methyl sites for hydroxylation is 1. The summed E-state index contributed by atoms with van der Waals surface area (Å²) in [6, 6.07) is 7.36. The van der Waals surface area contributed by atoms with Crippen molar-refractivity contribution in [3.63, 3.8) is 0 Å². The van der Waals surface area contributed by atoms with Gasteiger partial charge in [0.25, 0.3) is 0 Å². The summed E-state index contributed by atoms with van der Waals surface area (Å²) in [6.45, 7) is 2.23. The molecule has 0 aliphatic rings. The molecule has 0 bridgehead atoms. The molecule has 1 aromatic heterocycles. The van der Waals surface area contributed by atoms with E-state index in [0.717, 1.165) is 17.7 Å². The van der Waals surface area contributed by atoms with E-state index < -0.39 is 0 Å². The minimum Gasteiger partial charge on any atom is -0.481 e. The number of rotatable bonds is 4. The van der Waals surface area contributed by atoms with Crippen LogP contribution in [0.1, 0.15) is 12.8 Å². The van der Waals surface area contributed by atoms with E-state index in [1.54, 1.807) is 0 Å². The largest absolute Gasteiger partial charge is 0.481 e. The van der Waals surface area contributed by atoms with E-state index in [1.165, 1.54) is 0 Å². The van der Waals surface area contributed by atoms with Crippen molar-refractivity contribution in [2.75, 3.05) is 6.61 Å². The van der Waals surface area contributed by atoms with E-state index in [0.29, 0.717) is 11.8 Å². The Labute approximate surface area is 99.6 Å². The molecule has 4 nitrogen and oxygen atoms in total. The number of hydrogen-bond acceptors (Lipinski definition) is 4. The van der Waals surface area contributed by atoms with Gasteiger partial charge in [0.05, 0.1) is 0 Å². The van der Waals surface area contributed by atoms with Crippen LogP contribution >= 0.6 is 0 Å². The molecule has 2 rings (SSSR count). The highest BCUT2D eigenvalue weighted by Crippen LogP contribution is 2.21. The number of nitrogens with zero attached hydrogens (tertiary/aromatic N) is 2. The summed E-state index contributed by atoms with van der Waals surface area (Å²) < 4.78 is 10.7. The maximum atomic E-state index is 5.44. The second kappa shape index (κ2) is 5.17. The van der Waals surface area contributed by atoms with Crippen molar-refractivity contribution in [1.29, 1.82) is 0 Å². The van der Waals surface area contributed by atoms with Crippen molar-refractivity contribution < 1.29 is 9.15 Å². The normalized spacial score (nSPS) is 9.88. The summed E-state index contributed by atoms with van der Waals surface area (Å²) in [4.78, 5) is 0. The average Bonchev–Trinajstić information content (AvgIpc) is 2.86. The summed E-state index contributed by atoms with van der Waals surface area (Å²) in [5.41, 5.74) is 0.866. The smallest absolute Gasteiger partial charge is 0.247 e. The van der Waals surface area contributed by atoms with Crippen LogP contribution in [0.15, 0.2) is 28.7 Å². The maximum absolute atomic E-state index is 5.44.